The number of anilines is 3. The van der Waals surface area contributed by atoms with Crippen LogP contribution in [0.2, 0.25) is 0 Å². The number of rotatable bonds is 7. The van der Waals surface area contributed by atoms with Crippen LogP contribution >= 0.6 is 0 Å². The third-order valence-electron chi connectivity index (χ3n) is 17.1. The molecule has 3 aliphatic carbocycles. The van der Waals surface area contributed by atoms with Crippen LogP contribution in [0.5, 0.6) is 0 Å². The lowest BCUT2D eigenvalue weighted by Crippen LogP contribution is -2.26. The number of para-hydroxylation sites is 1. The Balaban J connectivity index is 0.966. The van der Waals surface area contributed by atoms with Gasteiger partial charge in [0, 0.05) is 49.8 Å². The Kier molecular flexibility index (Phi) is 9.53. The first-order chi connectivity index (χ1) is 38.5. The molecule has 2 heterocycles. The van der Waals surface area contributed by atoms with Gasteiger partial charge in [-0.15, -0.1) is 0 Å². The summed E-state index contributed by atoms with van der Waals surface area (Å²) in [6, 6.07) is 95.2. The average molecular weight is 996 g/mol. The minimum absolute atomic E-state index is 0.182. The van der Waals surface area contributed by atoms with Crippen molar-refractivity contribution < 1.29 is 0 Å². The largest absolute Gasteiger partial charge is 0.310 e. The van der Waals surface area contributed by atoms with E-state index in [1.54, 1.807) is 0 Å². The van der Waals surface area contributed by atoms with E-state index in [0.29, 0.717) is 17.6 Å². The van der Waals surface area contributed by atoms with Crippen molar-refractivity contribution in [2.24, 2.45) is 0 Å². The second-order valence-electron chi connectivity index (χ2n) is 21.4. The molecule has 2 aromatic heterocycles. The van der Waals surface area contributed by atoms with E-state index in [-0.39, 0.29) is 5.41 Å². The smallest absolute Gasteiger partial charge is 0.238 e. The molecule has 3 aliphatic rings. The zero-order valence-electron chi connectivity index (χ0n) is 43.1. The highest BCUT2D eigenvalue weighted by molar-refractivity contribution is 6.17. The standard InChI is InChI=1S/C73H49N5/c1-72(2)58-31-16-12-27-52(58)53-42-41-51(45-63(53)72)77(50-39-37-47(38-40-50)46-21-6-3-7-22-46)65-36-20-34-61-66(65)56-29-13-17-32-59(56)73(61)60-33-18-14-30-57(60)67-62(73)44-43-55-54-28-15-19-35-64(54)78(68(55)67)71-75-69(48-23-8-4-9-24-48)74-70(76-71)49-25-10-5-11-26-49/h3-45H,1-2H3. The average Bonchev–Trinajstić information content (AvgIpc) is 4.38. The number of hydrogen-bond donors (Lipinski definition) is 0. The van der Waals surface area contributed by atoms with Crippen LogP contribution in [0.1, 0.15) is 47.2 Å². The fourth-order valence-electron chi connectivity index (χ4n) is 13.7. The van der Waals surface area contributed by atoms with Crippen LogP contribution in [-0.4, -0.2) is 19.5 Å². The van der Waals surface area contributed by atoms with Gasteiger partial charge >= 0.3 is 0 Å². The molecule has 0 amide bonds. The van der Waals surface area contributed by atoms with Crippen LogP contribution < -0.4 is 4.90 Å². The summed E-state index contributed by atoms with van der Waals surface area (Å²) in [6.07, 6.45) is 0. The molecule has 0 bridgehead atoms. The fourth-order valence-corrected chi connectivity index (χ4v) is 13.7. The number of nitrogens with zero attached hydrogens (tertiary/aromatic N) is 5. The molecule has 5 nitrogen and oxygen atoms in total. The molecule has 0 N–H and O–H groups in total. The van der Waals surface area contributed by atoms with E-state index >= 15 is 0 Å². The van der Waals surface area contributed by atoms with Gasteiger partial charge < -0.3 is 4.90 Å². The van der Waals surface area contributed by atoms with Crippen molar-refractivity contribution in [3.05, 3.63) is 294 Å². The second-order valence-corrected chi connectivity index (χ2v) is 21.4. The van der Waals surface area contributed by atoms with E-state index in [1.807, 2.05) is 36.4 Å². The van der Waals surface area contributed by atoms with Gasteiger partial charge in [0.05, 0.1) is 22.1 Å². The highest BCUT2D eigenvalue weighted by Crippen LogP contribution is 2.66. The fraction of sp³-hybridized carbons (Fsp3) is 0.0548. The van der Waals surface area contributed by atoms with Crippen LogP contribution in [0.15, 0.2) is 261 Å². The molecule has 11 aromatic carbocycles. The van der Waals surface area contributed by atoms with Gasteiger partial charge in [-0.1, -0.05) is 238 Å². The van der Waals surface area contributed by atoms with E-state index in [1.165, 1.54) is 77.9 Å². The van der Waals surface area contributed by atoms with Gasteiger partial charge in [0.25, 0.3) is 0 Å². The summed E-state index contributed by atoms with van der Waals surface area (Å²) in [7, 11) is 0. The Morgan fingerprint density at radius 2 is 0.859 bits per heavy atom. The molecular weight excluding hydrogens is 947 g/mol. The minimum atomic E-state index is -0.669. The molecule has 0 radical (unpaired) electrons. The maximum Gasteiger partial charge on any atom is 0.238 e. The number of benzene rings is 11. The molecule has 1 spiro atoms. The van der Waals surface area contributed by atoms with Gasteiger partial charge in [0.1, 0.15) is 0 Å². The van der Waals surface area contributed by atoms with Crippen molar-refractivity contribution in [1.29, 1.82) is 0 Å². The molecular formula is C73H49N5. The maximum absolute atomic E-state index is 5.40. The van der Waals surface area contributed by atoms with Gasteiger partial charge in [-0.25, -0.2) is 4.98 Å². The molecule has 1 unspecified atom stereocenters. The van der Waals surface area contributed by atoms with Crippen LogP contribution in [0.4, 0.5) is 17.1 Å². The molecule has 16 rings (SSSR count). The maximum atomic E-state index is 5.40. The predicted octanol–water partition coefficient (Wildman–Crippen LogP) is 18.1. The monoisotopic (exact) mass is 995 g/mol. The van der Waals surface area contributed by atoms with Crippen molar-refractivity contribution in [3.8, 4) is 73.2 Å². The molecule has 0 saturated carbocycles. The van der Waals surface area contributed by atoms with Crippen LogP contribution in [0, 0.1) is 0 Å². The first-order valence-electron chi connectivity index (χ1n) is 26.9. The Labute approximate surface area is 453 Å². The Bertz CT molecular complexity index is 4520. The first-order valence-corrected chi connectivity index (χ1v) is 26.9. The second kappa shape index (κ2) is 16.8. The molecule has 0 aliphatic heterocycles. The summed E-state index contributed by atoms with van der Waals surface area (Å²) < 4.78 is 2.31. The van der Waals surface area contributed by atoms with Crippen LogP contribution in [-0.2, 0) is 10.8 Å². The van der Waals surface area contributed by atoms with Crippen molar-refractivity contribution in [2.45, 2.75) is 24.7 Å². The zero-order valence-corrected chi connectivity index (χ0v) is 43.1. The van der Waals surface area contributed by atoms with E-state index in [2.05, 4.69) is 248 Å². The van der Waals surface area contributed by atoms with Gasteiger partial charge in [-0.2, -0.15) is 9.97 Å². The predicted molar refractivity (Wildman–Crippen MR) is 319 cm³/mol. The van der Waals surface area contributed by atoms with Crippen molar-refractivity contribution in [1.82, 2.24) is 19.5 Å². The third-order valence-corrected chi connectivity index (χ3v) is 17.1. The Morgan fingerprint density at radius 1 is 0.346 bits per heavy atom. The number of hydrogen-bond acceptors (Lipinski definition) is 4. The molecule has 5 heteroatoms. The highest BCUT2D eigenvalue weighted by atomic mass is 15.2. The summed E-state index contributed by atoms with van der Waals surface area (Å²) in [6.45, 7) is 4.74. The lowest BCUT2D eigenvalue weighted by atomic mass is 9.70. The quantitative estimate of drug-likeness (QED) is 0.160. The summed E-state index contributed by atoms with van der Waals surface area (Å²) in [5.41, 5.74) is 24.0. The molecule has 1 atom stereocenters. The van der Waals surface area contributed by atoms with Crippen molar-refractivity contribution in [3.63, 3.8) is 0 Å². The van der Waals surface area contributed by atoms with Crippen molar-refractivity contribution in [2.75, 3.05) is 4.90 Å². The van der Waals surface area contributed by atoms with E-state index < -0.39 is 5.41 Å². The van der Waals surface area contributed by atoms with Crippen molar-refractivity contribution >= 4 is 38.9 Å². The topological polar surface area (TPSA) is 46.8 Å². The Hall–Kier alpha value is -9.97. The van der Waals surface area contributed by atoms with E-state index in [9.17, 15) is 0 Å². The van der Waals surface area contributed by atoms with Gasteiger partial charge in [-0.05, 0) is 103 Å². The molecule has 0 fully saturated rings. The first kappa shape index (κ1) is 44.3. The van der Waals surface area contributed by atoms with Crippen LogP contribution in [0.3, 0.4) is 0 Å². The zero-order chi connectivity index (χ0) is 51.7. The lowest BCUT2D eigenvalue weighted by molar-refractivity contribution is 0.660. The van der Waals surface area contributed by atoms with Gasteiger partial charge in [0.2, 0.25) is 5.95 Å². The third kappa shape index (κ3) is 6.21. The van der Waals surface area contributed by atoms with Gasteiger partial charge in [-0.3, -0.25) is 4.57 Å². The summed E-state index contributed by atoms with van der Waals surface area (Å²) in [5.74, 6) is 1.82. The molecule has 78 heavy (non-hydrogen) atoms. The normalized spacial score (nSPS) is 14.9. The molecule has 0 saturated heterocycles. The van der Waals surface area contributed by atoms with E-state index in [0.717, 1.165) is 50.0 Å². The molecule has 366 valence electrons. The summed E-state index contributed by atoms with van der Waals surface area (Å²) in [4.78, 5) is 18.5. The lowest BCUT2D eigenvalue weighted by Gasteiger charge is -2.32. The molecule has 13 aromatic rings. The minimum Gasteiger partial charge on any atom is -0.310 e. The Morgan fingerprint density at radius 3 is 1.54 bits per heavy atom. The highest BCUT2D eigenvalue weighted by Gasteiger charge is 2.53. The summed E-state index contributed by atoms with van der Waals surface area (Å²) >= 11 is 0. The summed E-state index contributed by atoms with van der Waals surface area (Å²) in [5, 5.41) is 2.28. The van der Waals surface area contributed by atoms with E-state index in [4.69, 9.17) is 15.0 Å². The number of fused-ring (bicyclic) bond motifs is 17. The van der Waals surface area contributed by atoms with Gasteiger partial charge in [0.15, 0.2) is 11.6 Å². The SMILES string of the molecule is CC1(C)c2ccccc2-c2ccc(N(c3ccc(-c4ccccc4)cc3)c3cccc4c3-c3ccccc3C43c4ccccc4-c4c3ccc3c5ccccc5n(-c5nc(-c6ccccc6)nc(-c6ccccc6)n5)c43)cc21. The number of aromatic nitrogens is 4. The van der Waals surface area contributed by atoms with Crippen LogP contribution in [0.25, 0.3) is 95.0 Å².